The molecule has 0 bridgehead atoms. The maximum atomic E-state index is 13.1. The molecule has 0 saturated carbocycles. The molecule has 0 aliphatic heterocycles. The van der Waals surface area contributed by atoms with Crippen LogP contribution in [-0.2, 0) is 16.1 Å². The Labute approximate surface area is 179 Å². The van der Waals surface area contributed by atoms with Crippen molar-refractivity contribution in [1.29, 1.82) is 0 Å². The number of aryl methyl sites for hydroxylation is 1. The Morgan fingerprint density at radius 3 is 2.62 bits per heavy atom. The second kappa shape index (κ2) is 9.29. The lowest BCUT2D eigenvalue weighted by Crippen LogP contribution is -2.31. The number of esters is 1. The number of carbonyl (C=O) groups excluding carboxylic acids is 2. The van der Waals surface area contributed by atoms with Crippen molar-refractivity contribution in [2.75, 3.05) is 7.11 Å². The average Bonchev–Trinajstić information content (AvgIpc) is 3.31. The number of methoxy groups -OCH3 is 1. The molecule has 29 heavy (non-hydrogen) atoms. The van der Waals surface area contributed by atoms with Crippen molar-refractivity contribution < 1.29 is 14.3 Å². The number of hydrogen-bond acceptors (Lipinski definition) is 4. The van der Waals surface area contributed by atoms with Gasteiger partial charge in [0, 0.05) is 21.3 Å². The summed E-state index contributed by atoms with van der Waals surface area (Å²) in [6.07, 6.45) is -0.0000922. The molecule has 152 valence electrons. The van der Waals surface area contributed by atoms with Gasteiger partial charge in [0.15, 0.2) is 0 Å². The van der Waals surface area contributed by atoms with E-state index in [9.17, 15) is 9.59 Å². The highest BCUT2D eigenvalue weighted by molar-refractivity contribution is 7.09. The zero-order valence-electron chi connectivity index (χ0n) is 16.6. The van der Waals surface area contributed by atoms with E-state index in [1.54, 1.807) is 29.5 Å². The summed E-state index contributed by atoms with van der Waals surface area (Å²) in [6.45, 7) is 4.64. The molecule has 5 nitrogen and oxygen atoms in total. The van der Waals surface area contributed by atoms with E-state index in [-0.39, 0.29) is 12.3 Å². The molecule has 2 aromatic heterocycles. The number of nitrogens with zero attached hydrogens (tertiary/aromatic N) is 1. The molecule has 1 N–H and O–H groups in total. The number of rotatable bonds is 7. The van der Waals surface area contributed by atoms with Gasteiger partial charge in [-0.2, -0.15) is 0 Å². The molecule has 0 radical (unpaired) electrons. The van der Waals surface area contributed by atoms with E-state index in [0.29, 0.717) is 16.1 Å². The average molecular weight is 431 g/mol. The van der Waals surface area contributed by atoms with Crippen molar-refractivity contribution in [3.63, 3.8) is 0 Å². The second-order valence-corrected chi connectivity index (χ2v) is 8.22. The van der Waals surface area contributed by atoms with Crippen LogP contribution in [0.2, 0.25) is 5.02 Å². The molecule has 0 spiro atoms. The van der Waals surface area contributed by atoms with Crippen LogP contribution in [0.15, 0.2) is 47.8 Å². The molecule has 7 heteroatoms. The number of aromatic nitrogens is 1. The lowest BCUT2D eigenvalue weighted by Gasteiger charge is -2.19. The predicted molar refractivity (Wildman–Crippen MR) is 116 cm³/mol. The van der Waals surface area contributed by atoms with E-state index < -0.39 is 12.0 Å². The van der Waals surface area contributed by atoms with Gasteiger partial charge in [-0.1, -0.05) is 35.9 Å². The standard InChI is InChI=1S/C22H23ClN2O3S/c1-14-11-18(15(2)25(14)13-16-7-6-10-29-16)22(27)24-20(12-21(26)28-3)17-8-4-5-9-19(17)23/h4-11,20H,12-13H2,1-3H3,(H,24,27). The fraction of sp³-hybridized carbons (Fsp3) is 0.273. The highest BCUT2D eigenvalue weighted by Crippen LogP contribution is 2.27. The van der Waals surface area contributed by atoms with E-state index in [4.69, 9.17) is 16.3 Å². The first-order chi connectivity index (χ1) is 13.9. The molecular weight excluding hydrogens is 408 g/mol. The molecule has 1 aromatic carbocycles. The Bertz CT molecular complexity index is 1010. The first-order valence-electron chi connectivity index (χ1n) is 9.22. The maximum absolute atomic E-state index is 13.1. The Morgan fingerprint density at radius 1 is 1.21 bits per heavy atom. The number of amides is 1. The fourth-order valence-electron chi connectivity index (χ4n) is 3.32. The molecule has 2 heterocycles. The summed E-state index contributed by atoms with van der Waals surface area (Å²) in [5, 5.41) is 5.49. The minimum absolute atomic E-state index is 0.0000922. The minimum atomic E-state index is -0.580. The Balaban J connectivity index is 1.86. The third-order valence-corrected chi connectivity index (χ3v) is 6.10. The summed E-state index contributed by atoms with van der Waals surface area (Å²) in [6, 6.07) is 12.6. The molecule has 3 rings (SSSR count). The van der Waals surface area contributed by atoms with Gasteiger partial charge in [0.2, 0.25) is 0 Å². The molecule has 3 aromatic rings. The number of thiophene rings is 1. The van der Waals surface area contributed by atoms with Crippen LogP contribution in [0.1, 0.15) is 44.6 Å². The number of nitrogens with one attached hydrogen (secondary N) is 1. The van der Waals surface area contributed by atoms with Crippen LogP contribution >= 0.6 is 22.9 Å². The van der Waals surface area contributed by atoms with Crippen LogP contribution in [-0.4, -0.2) is 23.6 Å². The van der Waals surface area contributed by atoms with Crippen molar-refractivity contribution in [3.8, 4) is 0 Å². The summed E-state index contributed by atoms with van der Waals surface area (Å²) >= 11 is 7.99. The van der Waals surface area contributed by atoms with E-state index >= 15 is 0 Å². The van der Waals surface area contributed by atoms with Crippen LogP contribution in [0.25, 0.3) is 0 Å². The summed E-state index contributed by atoms with van der Waals surface area (Å²) in [5.74, 6) is -0.664. The highest BCUT2D eigenvalue weighted by Gasteiger charge is 2.24. The van der Waals surface area contributed by atoms with Crippen molar-refractivity contribution in [3.05, 3.63) is 80.3 Å². The van der Waals surface area contributed by atoms with Crippen molar-refractivity contribution in [1.82, 2.24) is 9.88 Å². The zero-order valence-corrected chi connectivity index (χ0v) is 18.1. The van der Waals surface area contributed by atoms with Gasteiger partial charge in [0.05, 0.1) is 31.7 Å². The second-order valence-electron chi connectivity index (χ2n) is 6.78. The smallest absolute Gasteiger partial charge is 0.307 e. The van der Waals surface area contributed by atoms with E-state index in [1.165, 1.54) is 12.0 Å². The molecule has 1 amide bonds. The maximum Gasteiger partial charge on any atom is 0.307 e. The molecule has 1 unspecified atom stereocenters. The normalized spacial score (nSPS) is 11.9. The van der Waals surface area contributed by atoms with Crippen molar-refractivity contribution in [2.45, 2.75) is 32.9 Å². The first kappa shape index (κ1) is 21.1. The van der Waals surface area contributed by atoms with Crippen LogP contribution in [0.5, 0.6) is 0 Å². The number of benzene rings is 1. The minimum Gasteiger partial charge on any atom is -0.469 e. The molecule has 1 atom stereocenters. The molecule has 0 fully saturated rings. The monoisotopic (exact) mass is 430 g/mol. The molecule has 0 aliphatic carbocycles. The van der Waals surface area contributed by atoms with Gasteiger partial charge in [-0.3, -0.25) is 9.59 Å². The predicted octanol–water partition coefficient (Wildman–Crippen LogP) is 4.90. The topological polar surface area (TPSA) is 60.3 Å². The number of ether oxygens (including phenoxy) is 1. The summed E-state index contributed by atoms with van der Waals surface area (Å²) in [7, 11) is 1.33. The zero-order chi connectivity index (χ0) is 21.0. The van der Waals surface area contributed by atoms with Crippen molar-refractivity contribution >= 4 is 34.8 Å². The highest BCUT2D eigenvalue weighted by atomic mass is 35.5. The number of carbonyl (C=O) groups is 2. The van der Waals surface area contributed by atoms with E-state index in [2.05, 4.69) is 16.0 Å². The third-order valence-electron chi connectivity index (χ3n) is 4.90. The van der Waals surface area contributed by atoms with E-state index in [1.807, 2.05) is 37.4 Å². The molecule has 0 saturated heterocycles. The molecular formula is C22H23ClN2O3S. The lowest BCUT2D eigenvalue weighted by molar-refractivity contribution is -0.141. The van der Waals surface area contributed by atoms with Gasteiger partial charge in [-0.05, 0) is 43.0 Å². The van der Waals surface area contributed by atoms with Crippen LogP contribution in [0, 0.1) is 13.8 Å². The van der Waals surface area contributed by atoms with Gasteiger partial charge in [-0.15, -0.1) is 11.3 Å². The van der Waals surface area contributed by atoms with Gasteiger partial charge >= 0.3 is 5.97 Å². The van der Waals surface area contributed by atoms with Crippen LogP contribution in [0.3, 0.4) is 0 Å². The Morgan fingerprint density at radius 2 is 1.97 bits per heavy atom. The van der Waals surface area contributed by atoms with Crippen molar-refractivity contribution in [2.24, 2.45) is 0 Å². The Hall–Kier alpha value is -2.57. The van der Waals surface area contributed by atoms with E-state index in [0.717, 1.165) is 17.9 Å². The number of halogens is 1. The lowest BCUT2D eigenvalue weighted by atomic mass is 10.0. The third kappa shape index (κ3) is 4.89. The number of hydrogen-bond donors (Lipinski definition) is 1. The van der Waals surface area contributed by atoms with Crippen LogP contribution < -0.4 is 5.32 Å². The molecule has 0 aliphatic rings. The van der Waals surface area contributed by atoms with Crippen LogP contribution in [0.4, 0.5) is 0 Å². The SMILES string of the molecule is COC(=O)CC(NC(=O)c1cc(C)n(Cc2cccs2)c1C)c1ccccc1Cl. The largest absolute Gasteiger partial charge is 0.469 e. The Kier molecular flexibility index (Phi) is 6.77. The fourth-order valence-corrected chi connectivity index (χ4v) is 4.28. The van der Waals surface area contributed by atoms with Gasteiger partial charge in [0.25, 0.3) is 5.91 Å². The summed E-state index contributed by atoms with van der Waals surface area (Å²) < 4.78 is 6.92. The summed E-state index contributed by atoms with van der Waals surface area (Å²) in [5.41, 5.74) is 3.15. The van der Waals surface area contributed by atoms with Gasteiger partial charge < -0.3 is 14.6 Å². The van der Waals surface area contributed by atoms with Gasteiger partial charge in [0.1, 0.15) is 0 Å². The summed E-state index contributed by atoms with van der Waals surface area (Å²) in [4.78, 5) is 26.2. The quantitative estimate of drug-likeness (QED) is 0.542. The first-order valence-corrected chi connectivity index (χ1v) is 10.5. The van der Waals surface area contributed by atoms with Gasteiger partial charge in [-0.25, -0.2) is 0 Å².